The molecule has 1 atom stereocenters. The maximum absolute atomic E-state index is 14.8. The van der Waals surface area contributed by atoms with Crippen molar-refractivity contribution in [2.24, 2.45) is 0 Å². The Morgan fingerprint density at radius 1 is 1.11 bits per heavy atom. The Morgan fingerprint density at radius 3 is 2.53 bits per heavy atom. The van der Waals surface area contributed by atoms with Gasteiger partial charge in [-0.15, -0.1) is 10.2 Å². The van der Waals surface area contributed by atoms with Crippen LogP contribution in [0.2, 0.25) is 0 Å². The first-order chi connectivity index (χ1) is 17.0. The smallest absolute Gasteiger partial charge is 0.306 e. The van der Waals surface area contributed by atoms with E-state index in [1.807, 2.05) is 20.0 Å². The number of hydrogen-bond acceptors (Lipinski definition) is 5. The molecule has 0 radical (unpaired) electrons. The van der Waals surface area contributed by atoms with E-state index in [2.05, 4.69) is 25.5 Å². The number of anilines is 1. The summed E-state index contributed by atoms with van der Waals surface area (Å²) < 4.78 is 57.0. The van der Waals surface area contributed by atoms with Gasteiger partial charge in [-0.05, 0) is 49.6 Å². The highest BCUT2D eigenvalue weighted by atomic mass is 19.4. The Balaban J connectivity index is 1.62. The van der Waals surface area contributed by atoms with Gasteiger partial charge in [-0.2, -0.15) is 13.2 Å². The van der Waals surface area contributed by atoms with Crippen molar-refractivity contribution in [3.8, 4) is 17.2 Å². The van der Waals surface area contributed by atoms with Crippen molar-refractivity contribution in [2.45, 2.75) is 45.8 Å². The third-order valence-electron chi connectivity index (χ3n) is 5.69. The lowest BCUT2D eigenvalue weighted by molar-refractivity contribution is -0.162. The van der Waals surface area contributed by atoms with Crippen molar-refractivity contribution < 1.29 is 22.4 Å². The summed E-state index contributed by atoms with van der Waals surface area (Å²) in [6.45, 7) is 6.69. The summed E-state index contributed by atoms with van der Waals surface area (Å²) in [6.07, 6.45) is -0.144. The minimum atomic E-state index is -4.52. The quantitative estimate of drug-likeness (QED) is 0.354. The monoisotopic (exact) mass is 501 g/mol. The highest BCUT2D eigenvalue weighted by Crippen LogP contribution is 2.32. The highest BCUT2D eigenvalue weighted by Gasteiger charge is 2.38. The molecule has 0 aliphatic carbocycles. The number of nitrogens with zero attached hydrogens (tertiary/aromatic N) is 6. The summed E-state index contributed by atoms with van der Waals surface area (Å²) in [5.41, 5.74) is 1.87. The van der Waals surface area contributed by atoms with Gasteiger partial charge in [-0.3, -0.25) is 4.79 Å². The van der Waals surface area contributed by atoms with Gasteiger partial charge in [0, 0.05) is 6.20 Å². The zero-order chi connectivity index (χ0) is 26.2. The van der Waals surface area contributed by atoms with Crippen LogP contribution in [-0.2, 0) is 0 Å². The molecule has 0 spiro atoms. The molecule has 0 saturated heterocycles. The number of benzene rings is 1. The molecule has 3 heterocycles. The predicted octanol–water partition coefficient (Wildman–Crippen LogP) is 5.47. The molecule has 1 N–H and O–H groups in total. The number of pyridine rings is 1. The molecule has 0 fully saturated rings. The fourth-order valence-electron chi connectivity index (χ4n) is 3.56. The van der Waals surface area contributed by atoms with Gasteiger partial charge < -0.3 is 14.5 Å². The molecule has 188 valence electrons. The summed E-state index contributed by atoms with van der Waals surface area (Å²) in [6, 6.07) is 5.15. The van der Waals surface area contributed by atoms with E-state index in [0.717, 1.165) is 23.5 Å². The first-order valence-electron chi connectivity index (χ1n) is 11.0. The van der Waals surface area contributed by atoms with Gasteiger partial charge in [-0.1, -0.05) is 19.9 Å². The molecule has 1 amide bonds. The molecule has 36 heavy (non-hydrogen) atoms. The first kappa shape index (κ1) is 25.0. The Bertz CT molecular complexity index is 1410. The number of carbonyl (C=O) groups excluding carboxylic acids is 1. The maximum Gasteiger partial charge on any atom is 0.408 e. The number of hydrogen-bond donors (Lipinski definition) is 1. The Morgan fingerprint density at radius 2 is 1.86 bits per heavy atom. The number of aromatic nitrogens is 6. The van der Waals surface area contributed by atoms with Gasteiger partial charge in [0.1, 0.15) is 29.7 Å². The zero-order valence-electron chi connectivity index (χ0n) is 19.9. The average Bonchev–Trinajstić information content (AvgIpc) is 3.48. The average molecular weight is 501 g/mol. The molecule has 12 heteroatoms. The second kappa shape index (κ2) is 9.51. The molecule has 0 bridgehead atoms. The Labute approximate surface area is 204 Å². The van der Waals surface area contributed by atoms with Crippen molar-refractivity contribution in [1.29, 1.82) is 0 Å². The van der Waals surface area contributed by atoms with Crippen LogP contribution in [0.4, 0.5) is 23.4 Å². The number of aryl methyl sites for hydroxylation is 1. The summed E-state index contributed by atoms with van der Waals surface area (Å²) >= 11 is 0. The second-order valence-corrected chi connectivity index (χ2v) is 8.62. The summed E-state index contributed by atoms with van der Waals surface area (Å²) in [5.74, 6) is -1.42. The van der Waals surface area contributed by atoms with Crippen LogP contribution in [0.5, 0.6) is 0 Å². The van der Waals surface area contributed by atoms with Crippen LogP contribution in [0, 0.1) is 12.7 Å². The van der Waals surface area contributed by atoms with E-state index in [0.29, 0.717) is 11.3 Å². The van der Waals surface area contributed by atoms with Crippen molar-refractivity contribution in [2.75, 3.05) is 5.32 Å². The van der Waals surface area contributed by atoms with Gasteiger partial charge in [-0.25, -0.2) is 14.4 Å². The van der Waals surface area contributed by atoms with E-state index in [1.54, 1.807) is 17.8 Å². The van der Waals surface area contributed by atoms with E-state index in [1.165, 1.54) is 30.3 Å². The minimum Gasteiger partial charge on any atom is -0.306 e. The fourth-order valence-corrected chi connectivity index (χ4v) is 3.56. The van der Waals surface area contributed by atoms with Crippen LogP contribution in [-0.4, -0.2) is 41.4 Å². The van der Waals surface area contributed by atoms with Gasteiger partial charge in [0.2, 0.25) is 0 Å². The zero-order valence-corrected chi connectivity index (χ0v) is 19.9. The molecule has 3 aromatic heterocycles. The van der Waals surface area contributed by atoms with Gasteiger partial charge in [0.25, 0.3) is 5.91 Å². The van der Waals surface area contributed by atoms with Crippen LogP contribution in [0.15, 0.2) is 49.2 Å². The second-order valence-electron chi connectivity index (χ2n) is 8.62. The van der Waals surface area contributed by atoms with Crippen LogP contribution < -0.4 is 5.32 Å². The molecule has 1 aromatic carbocycles. The van der Waals surface area contributed by atoms with Crippen molar-refractivity contribution in [3.05, 3.63) is 71.8 Å². The topological polar surface area (TPSA) is 90.5 Å². The minimum absolute atomic E-state index is 0.0120. The predicted molar refractivity (Wildman–Crippen MR) is 124 cm³/mol. The van der Waals surface area contributed by atoms with Gasteiger partial charge in [0.15, 0.2) is 5.82 Å². The Hall–Kier alpha value is -4.09. The first-order valence-corrected chi connectivity index (χ1v) is 11.0. The molecule has 0 unspecified atom stereocenters. The number of halogens is 4. The number of amides is 1. The fraction of sp³-hybridized carbons (Fsp3) is 0.292. The van der Waals surface area contributed by atoms with E-state index < -0.39 is 23.9 Å². The molecule has 0 aliphatic rings. The number of rotatable bonds is 6. The molecule has 0 aliphatic heterocycles. The molecule has 8 nitrogen and oxygen atoms in total. The van der Waals surface area contributed by atoms with Crippen molar-refractivity contribution >= 4 is 11.7 Å². The molecule has 4 aromatic rings. The largest absolute Gasteiger partial charge is 0.408 e. The SMILES string of the molecule is Cc1cc(F)c(C(=O)Nc2cccc(-c3nncn3[C@@H](C)C(F)(F)F)n2)cc1-n1cnc(C(C)C)c1. The number of alkyl halides is 3. The van der Waals surface area contributed by atoms with Crippen LogP contribution in [0.1, 0.15) is 54.3 Å². The highest BCUT2D eigenvalue weighted by molar-refractivity contribution is 6.04. The summed E-state index contributed by atoms with van der Waals surface area (Å²) in [7, 11) is 0. The van der Waals surface area contributed by atoms with E-state index in [9.17, 15) is 22.4 Å². The number of carbonyl (C=O) groups is 1. The lowest BCUT2D eigenvalue weighted by Crippen LogP contribution is -2.24. The van der Waals surface area contributed by atoms with Crippen molar-refractivity contribution in [1.82, 2.24) is 29.3 Å². The maximum atomic E-state index is 14.8. The lowest BCUT2D eigenvalue weighted by Gasteiger charge is -2.18. The van der Waals surface area contributed by atoms with Gasteiger partial charge in [0.05, 0.1) is 23.3 Å². The Kier molecular flexibility index (Phi) is 6.61. The van der Waals surface area contributed by atoms with Crippen LogP contribution >= 0.6 is 0 Å². The number of nitrogens with one attached hydrogen (secondary N) is 1. The molecule has 4 rings (SSSR count). The normalized spacial score (nSPS) is 12.7. The third-order valence-corrected chi connectivity index (χ3v) is 5.69. The lowest BCUT2D eigenvalue weighted by atomic mass is 10.1. The molecule has 0 saturated carbocycles. The molecular formula is C24H23F4N7O. The van der Waals surface area contributed by atoms with E-state index >= 15 is 0 Å². The van der Waals surface area contributed by atoms with E-state index in [-0.39, 0.29) is 28.8 Å². The standard InChI is InChI=1S/C24H23F4N7O/c1-13(2)19-10-34(11-29-19)20-9-16(17(25)8-14(20)3)23(36)32-21-7-5-6-18(31-21)22-33-30-12-35(22)15(4)24(26,27)28/h5-13,15H,1-4H3,(H,31,32,36)/t15-/m0/s1. The molecular weight excluding hydrogens is 478 g/mol. The summed E-state index contributed by atoms with van der Waals surface area (Å²) in [4.78, 5) is 21.5. The van der Waals surface area contributed by atoms with Crippen LogP contribution in [0.3, 0.4) is 0 Å². The van der Waals surface area contributed by atoms with E-state index in [4.69, 9.17) is 0 Å². The summed E-state index contributed by atoms with van der Waals surface area (Å²) in [5, 5.41) is 9.83. The van der Waals surface area contributed by atoms with Crippen LogP contribution in [0.25, 0.3) is 17.2 Å². The third kappa shape index (κ3) is 4.97. The number of imidazole rings is 1. The van der Waals surface area contributed by atoms with Gasteiger partial charge >= 0.3 is 6.18 Å². The van der Waals surface area contributed by atoms with Crippen molar-refractivity contribution in [3.63, 3.8) is 0 Å².